The Labute approximate surface area is 192 Å². The number of alkyl halides is 15. The summed E-state index contributed by atoms with van der Waals surface area (Å²) in [6.45, 7) is 1.59. The molecule has 1 rings (SSSR count). The lowest BCUT2D eigenvalue weighted by Crippen LogP contribution is -2.72. The van der Waals surface area contributed by atoms with Crippen LogP contribution in [0.2, 0.25) is 0 Å². The lowest BCUT2D eigenvalue weighted by atomic mass is 9.83. The van der Waals surface area contributed by atoms with E-state index in [-0.39, 0.29) is 5.56 Å². The molecule has 0 saturated heterocycles. The van der Waals surface area contributed by atoms with Crippen molar-refractivity contribution in [1.82, 2.24) is 0 Å². The number of ketones is 1. The number of hydrogen-bond acceptors (Lipinski definition) is 2. The third kappa shape index (κ3) is 4.62. The molecule has 1 unspecified atom stereocenters. The minimum Gasteiger partial charge on any atom is -0.374 e. The number of ether oxygens (including phenoxy) is 1. The van der Waals surface area contributed by atoms with E-state index in [0.29, 0.717) is 14.0 Å². The maximum absolute atomic E-state index is 14.4. The highest BCUT2D eigenvalue weighted by Crippen LogP contribution is 2.63. The van der Waals surface area contributed by atoms with Crippen LogP contribution in [0, 0.1) is 0 Å². The van der Waals surface area contributed by atoms with Gasteiger partial charge in [-0.1, -0.05) is 24.3 Å². The van der Waals surface area contributed by atoms with Gasteiger partial charge in [0.05, 0.1) is 12.0 Å². The standard InChI is InChI=1S/C19H15F15O2/c1-9(35)10-4-6-11(7-5-10)12(2,36-3)8-13(20,21)14(22,23)15(24,25)16(26,27)17(28,29)18(30,31)19(32,33)34/h4-7H,8H2,1-3H3. The molecule has 0 aliphatic rings. The highest BCUT2D eigenvalue weighted by atomic mass is 19.4. The van der Waals surface area contributed by atoms with Gasteiger partial charge in [0.1, 0.15) is 0 Å². The van der Waals surface area contributed by atoms with E-state index in [1.54, 1.807) is 0 Å². The summed E-state index contributed by atoms with van der Waals surface area (Å²) in [5.41, 5.74) is -3.39. The predicted octanol–water partition coefficient (Wildman–Crippen LogP) is 7.52. The van der Waals surface area contributed by atoms with Crippen LogP contribution in [0.3, 0.4) is 0 Å². The number of rotatable bonds is 10. The summed E-state index contributed by atoms with van der Waals surface area (Å²) >= 11 is 0. The van der Waals surface area contributed by atoms with E-state index < -0.39 is 65.1 Å². The normalized spacial score (nSPS) is 16.6. The van der Waals surface area contributed by atoms with Crippen molar-refractivity contribution in [1.29, 1.82) is 0 Å². The first-order chi connectivity index (χ1) is 15.7. The van der Waals surface area contributed by atoms with Crippen LogP contribution in [0.5, 0.6) is 0 Å². The van der Waals surface area contributed by atoms with Crippen LogP contribution in [0.15, 0.2) is 24.3 Å². The van der Waals surface area contributed by atoms with Crippen molar-refractivity contribution in [3.63, 3.8) is 0 Å². The van der Waals surface area contributed by atoms with Gasteiger partial charge in [0.15, 0.2) is 5.78 Å². The van der Waals surface area contributed by atoms with E-state index in [4.69, 9.17) is 0 Å². The largest absolute Gasteiger partial charge is 0.460 e. The fourth-order valence-corrected chi connectivity index (χ4v) is 2.88. The van der Waals surface area contributed by atoms with Gasteiger partial charge in [-0.3, -0.25) is 4.79 Å². The van der Waals surface area contributed by atoms with Gasteiger partial charge in [-0.25, -0.2) is 0 Å². The molecule has 0 heterocycles. The van der Waals surface area contributed by atoms with Crippen LogP contribution in [0.25, 0.3) is 0 Å². The van der Waals surface area contributed by atoms with Gasteiger partial charge in [0, 0.05) is 12.7 Å². The molecule has 0 radical (unpaired) electrons. The Bertz CT molecular complexity index is 951. The second kappa shape index (κ2) is 8.97. The smallest absolute Gasteiger partial charge is 0.374 e. The molecule has 36 heavy (non-hydrogen) atoms. The molecule has 0 bridgehead atoms. The molecule has 17 heteroatoms. The van der Waals surface area contributed by atoms with Crippen LogP contribution >= 0.6 is 0 Å². The van der Waals surface area contributed by atoms with Gasteiger partial charge < -0.3 is 4.74 Å². The van der Waals surface area contributed by atoms with E-state index >= 15 is 0 Å². The topological polar surface area (TPSA) is 26.3 Å². The average Bonchev–Trinajstić information content (AvgIpc) is 2.71. The third-order valence-electron chi connectivity index (χ3n) is 5.30. The lowest BCUT2D eigenvalue weighted by Gasteiger charge is -2.43. The molecule has 0 saturated carbocycles. The van der Waals surface area contributed by atoms with E-state index in [0.717, 1.165) is 31.2 Å². The van der Waals surface area contributed by atoms with Crippen molar-refractivity contribution in [2.75, 3.05) is 7.11 Å². The zero-order chi connectivity index (χ0) is 29.0. The molecule has 0 aliphatic heterocycles. The Morgan fingerprint density at radius 2 is 1.03 bits per heavy atom. The Kier molecular flexibility index (Phi) is 7.93. The lowest BCUT2D eigenvalue weighted by molar-refractivity contribution is -0.453. The molecule has 1 aromatic carbocycles. The molecule has 0 spiro atoms. The van der Waals surface area contributed by atoms with Crippen LogP contribution < -0.4 is 0 Å². The highest BCUT2D eigenvalue weighted by molar-refractivity contribution is 5.94. The first kappa shape index (κ1) is 31.8. The van der Waals surface area contributed by atoms with Gasteiger partial charge in [0.25, 0.3) is 0 Å². The number of hydrogen-bond donors (Lipinski definition) is 0. The molecule has 208 valence electrons. The molecule has 0 aliphatic carbocycles. The number of Topliss-reactive ketones (excluding diaryl/α,β-unsaturated/α-hetero) is 1. The summed E-state index contributed by atoms with van der Waals surface area (Å²) in [4.78, 5) is 11.3. The molecule has 0 amide bonds. The molecular formula is C19H15F15O2. The number of methoxy groups -OCH3 is 1. The average molecular weight is 560 g/mol. The first-order valence-electron chi connectivity index (χ1n) is 9.18. The zero-order valence-corrected chi connectivity index (χ0v) is 18.0. The number of benzene rings is 1. The molecule has 2 nitrogen and oxygen atoms in total. The minimum absolute atomic E-state index is 0.0618. The van der Waals surface area contributed by atoms with Gasteiger partial charge in [-0.2, -0.15) is 65.9 Å². The number of carbonyl (C=O) groups is 1. The van der Waals surface area contributed by atoms with Crippen molar-refractivity contribution in [2.45, 2.75) is 67.6 Å². The Morgan fingerprint density at radius 3 is 1.36 bits per heavy atom. The molecule has 0 N–H and O–H groups in total. The van der Waals surface area contributed by atoms with E-state index in [1.807, 2.05) is 0 Å². The van der Waals surface area contributed by atoms with Crippen LogP contribution in [-0.4, -0.2) is 54.6 Å². The summed E-state index contributed by atoms with van der Waals surface area (Å²) in [6.07, 6.45) is -10.3. The van der Waals surface area contributed by atoms with Crippen molar-refractivity contribution in [2.24, 2.45) is 0 Å². The summed E-state index contributed by atoms with van der Waals surface area (Å²) in [7, 11) is 0.553. The van der Waals surface area contributed by atoms with E-state index in [1.165, 1.54) is 0 Å². The van der Waals surface area contributed by atoms with Gasteiger partial charge >= 0.3 is 41.7 Å². The molecule has 1 atom stereocenters. The third-order valence-corrected chi connectivity index (χ3v) is 5.30. The van der Waals surface area contributed by atoms with Gasteiger partial charge in [-0.05, 0) is 19.4 Å². The van der Waals surface area contributed by atoms with Crippen molar-refractivity contribution in [3.8, 4) is 0 Å². The first-order valence-corrected chi connectivity index (χ1v) is 9.18. The molecular weight excluding hydrogens is 545 g/mol. The fraction of sp³-hybridized carbons (Fsp3) is 0.632. The fourth-order valence-electron chi connectivity index (χ4n) is 2.88. The van der Waals surface area contributed by atoms with Gasteiger partial charge in [-0.15, -0.1) is 0 Å². The summed E-state index contributed by atoms with van der Waals surface area (Å²) in [6, 6.07) is 3.49. The summed E-state index contributed by atoms with van der Waals surface area (Å²) < 4.78 is 205. The van der Waals surface area contributed by atoms with E-state index in [2.05, 4.69) is 4.74 Å². The van der Waals surface area contributed by atoms with Crippen molar-refractivity contribution in [3.05, 3.63) is 35.4 Å². The Morgan fingerprint density at radius 1 is 0.667 bits per heavy atom. The quantitative estimate of drug-likeness (QED) is 0.219. The summed E-state index contributed by atoms with van der Waals surface area (Å²) in [5, 5.41) is 0. The van der Waals surface area contributed by atoms with Crippen LogP contribution in [-0.2, 0) is 10.3 Å². The number of carbonyl (C=O) groups excluding carboxylic acids is 1. The van der Waals surface area contributed by atoms with Crippen LogP contribution in [0.1, 0.15) is 36.2 Å². The SMILES string of the molecule is COC(C)(CC(F)(F)C(F)(F)C(F)(F)C(F)(F)C(F)(F)C(F)(F)C(F)(F)F)c1ccc(C(C)=O)cc1. The summed E-state index contributed by atoms with van der Waals surface area (Å²) in [5.74, 6) is -47.5. The van der Waals surface area contributed by atoms with E-state index in [9.17, 15) is 70.7 Å². The number of halogens is 15. The maximum atomic E-state index is 14.4. The zero-order valence-electron chi connectivity index (χ0n) is 18.0. The second-order valence-corrected chi connectivity index (χ2v) is 7.82. The monoisotopic (exact) mass is 560 g/mol. The maximum Gasteiger partial charge on any atom is 0.460 e. The van der Waals surface area contributed by atoms with Crippen LogP contribution in [0.4, 0.5) is 65.9 Å². The highest BCUT2D eigenvalue weighted by Gasteiger charge is 2.93. The van der Waals surface area contributed by atoms with Crippen molar-refractivity contribution < 1.29 is 75.4 Å². The van der Waals surface area contributed by atoms with Crippen molar-refractivity contribution >= 4 is 5.78 Å². The minimum atomic E-state index is -8.35. The molecule has 0 aromatic heterocycles. The second-order valence-electron chi connectivity index (χ2n) is 7.82. The molecule has 1 aromatic rings. The predicted molar refractivity (Wildman–Crippen MR) is 91.2 cm³/mol. The molecule has 0 fully saturated rings. The van der Waals surface area contributed by atoms with Gasteiger partial charge in [0.2, 0.25) is 0 Å². The Hall–Kier alpha value is -2.20. The Balaban J connectivity index is 3.58.